The van der Waals surface area contributed by atoms with Crippen LogP contribution in [0.5, 0.6) is 0 Å². The highest BCUT2D eigenvalue weighted by Gasteiger charge is 1.92. The maximum atomic E-state index is 5.33. The third-order valence-corrected chi connectivity index (χ3v) is 0.851. The standard InChI is InChI=1S/C4HCl2O/c5-3-1-4(6)7-2-3/h2H. The van der Waals surface area contributed by atoms with Gasteiger partial charge in [0.1, 0.15) is 6.26 Å². The minimum Gasteiger partial charge on any atom is -0.451 e. The molecular formula is C4HCl2O. The zero-order chi connectivity index (χ0) is 5.28. The molecule has 0 aliphatic carbocycles. The number of hydrogen-bond donors (Lipinski definition) is 0. The first-order chi connectivity index (χ1) is 3.29. The van der Waals surface area contributed by atoms with Crippen LogP contribution in [0.2, 0.25) is 10.2 Å². The lowest BCUT2D eigenvalue weighted by atomic mass is 10.7. The van der Waals surface area contributed by atoms with E-state index in [1.807, 2.05) is 0 Å². The molecule has 1 heterocycles. The average molecular weight is 136 g/mol. The lowest BCUT2D eigenvalue weighted by Gasteiger charge is -1.64. The first-order valence-electron chi connectivity index (χ1n) is 1.61. The van der Waals surface area contributed by atoms with E-state index in [0.717, 1.165) is 0 Å². The fraction of sp³-hybridized carbons (Fsp3) is 0. The number of halogens is 2. The molecule has 1 aromatic rings. The Morgan fingerprint density at radius 3 is 2.43 bits per heavy atom. The van der Waals surface area contributed by atoms with E-state index in [4.69, 9.17) is 23.2 Å². The van der Waals surface area contributed by atoms with Gasteiger partial charge in [-0.2, -0.15) is 0 Å². The van der Waals surface area contributed by atoms with Crippen LogP contribution in [0.4, 0.5) is 0 Å². The van der Waals surface area contributed by atoms with Crippen molar-refractivity contribution < 1.29 is 4.42 Å². The normalized spacial score (nSPS) is 9.43. The molecule has 0 fully saturated rings. The topological polar surface area (TPSA) is 13.1 Å². The van der Waals surface area contributed by atoms with Gasteiger partial charge >= 0.3 is 0 Å². The van der Waals surface area contributed by atoms with Crippen molar-refractivity contribution in [1.82, 2.24) is 0 Å². The second kappa shape index (κ2) is 1.76. The Labute approximate surface area is 50.8 Å². The van der Waals surface area contributed by atoms with E-state index >= 15 is 0 Å². The van der Waals surface area contributed by atoms with Crippen molar-refractivity contribution >= 4 is 23.2 Å². The molecule has 0 aliphatic heterocycles. The summed E-state index contributed by atoms with van der Waals surface area (Å²) in [6, 6.07) is 2.50. The van der Waals surface area contributed by atoms with Gasteiger partial charge in [-0.25, -0.2) is 0 Å². The quantitative estimate of drug-likeness (QED) is 0.533. The molecule has 1 rings (SSSR count). The van der Waals surface area contributed by atoms with Crippen LogP contribution in [0.1, 0.15) is 0 Å². The van der Waals surface area contributed by atoms with Crippen LogP contribution in [0, 0.1) is 6.07 Å². The van der Waals surface area contributed by atoms with Gasteiger partial charge in [-0.15, -0.1) is 0 Å². The van der Waals surface area contributed by atoms with E-state index in [1.165, 1.54) is 6.26 Å². The fourth-order valence-electron chi connectivity index (χ4n) is 0.256. The molecule has 0 atom stereocenters. The maximum Gasteiger partial charge on any atom is 0.202 e. The van der Waals surface area contributed by atoms with E-state index in [1.54, 1.807) is 0 Å². The lowest BCUT2D eigenvalue weighted by Crippen LogP contribution is -1.41. The highest BCUT2D eigenvalue weighted by atomic mass is 35.5. The molecular weight excluding hydrogens is 135 g/mol. The van der Waals surface area contributed by atoms with Gasteiger partial charge in [-0.3, -0.25) is 0 Å². The van der Waals surface area contributed by atoms with Crippen molar-refractivity contribution in [1.29, 1.82) is 0 Å². The van der Waals surface area contributed by atoms with Crippen LogP contribution < -0.4 is 0 Å². The van der Waals surface area contributed by atoms with Crippen molar-refractivity contribution in [2.75, 3.05) is 0 Å². The summed E-state index contributed by atoms with van der Waals surface area (Å²) < 4.78 is 4.54. The first-order valence-corrected chi connectivity index (χ1v) is 2.36. The Balaban J connectivity index is 3.04. The minimum absolute atomic E-state index is 0.199. The first kappa shape index (κ1) is 5.01. The van der Waals surface area contributed by atoms with Gasteiger partial charge < -0.3 is 4.42 Å². The molecule has 0 amide bonds. The van der Waals surface area contributed by atoms with Gasteiger partial charge in [-0.1, -0.05) is 11.6 Å². The lowest BCUT2D eigenvalue weighted by molar-refractivity contribution is 0.569. The van der Waals surface area contributed by atoms with Gasteiger partial charge in [0.05, 0.1) is 11.1 Å². The predicted molar refractivity (Wildman–Crippen MR) is 27.6 cm³/mol. The average Bonchev–Trinajstić information content (AvgIpc) is 1.87. The van der Waals surface area contributed by atoms with Gasteiger partial charge in [0, 0.05) is 0 Å². The van der Waals surface area contributed by atoms with E-state index in [-0.39, 0.29) is 5.22 Å². The highest BCUT2D eigenvalue weighted by Crippen LogP contribution is 2.15. The van der Waals surface area contributed by atoms with Crippen LogP contribution >= 0.6 is 23.2 Å². The number of furan rings is 1. The van der Waals surface area contributed by atoms with Crippen molar-refractivity contribution in [3.8, 4) is 0 Å². The molecule has 7 heavy (non-hydrogen) atoms. The van der Waals surface area contributed by atoms with Crippen LogP contribution in [0.3, 0.4) is 0 Å². The van der Waals surface area contributed by atoms with Crippen molar-refractivity contribution in [3.63, 3.8) is 0 Å². The molecule has 1 nitrogen and oxygen atoms in total. The second-order valence-corrected chi connectivity index (χ2v) is 1.73. The second-order valence-electron chi connectivity index (χ2n) is 0.982. The van der Waals surface area contributed by atoms with Gasteiger partial charge in [-0.05, 0) is 11.6 Å². The molecule has 0 saturated carbocycles. The van der Waals surface area contributed by atoms with Gasteiger partial charge in [0.2, 0.25) is 5.22 Å². The van der Waals surface area contributed by atoms with Crippen molar-refractivity contribution in [2.24, 2.45) is 0 Å². The smallest absolute Gasteiger partial charge is 0.202 e. The van der Waals surface area contributed by atoms with E-state index in [0.29, 0.717) is 5.02 Å². The van der Waals surface area contributed by atoms with Crippen LogP contribution in [-0.4, -0.2) is 0 Å². The summed E-state index contributed by atoms with van der Waals surface area (Å²) in [5.41, 5.74) is 0. The fourth-order valence-corrected chi connectivity index (χ4v) is 0.581. The highest BCUT2D eigenvalue weighted by molar-refractivity contribution is 6.33. The van der Waals surface area contributed by atoms with E-state index < -0.39 is 0 Å². The Morgan fingerprint density at radius 1 is 1.57 bits per heavy atom. The van der Waals surface area contributed by atoms with E-state index in [2.05, 4.69) is 10.5 Å². The molecule has 0 N–H and O–H groups in total. The third kappa shape index (κ3) is 1.11. The summed E-state index contributed by atoms with van der Waals surface area (Å²) >= 11 is 10.6. The summed E-state index contributed by atoms with van der Waals surface area (Å²) in [5.74, 6) is 0. The summed E-state index contributed by atoms with van der Waals surface area (Å²) in [4.78, 5) is 0. The van der Waals surface area contributed by atoms with Gasteiger partial charge in [0.25, 0.3) is 0 Å². The number of hydrogen-bond acceptors (Lipinski definition) is 1. The van der Waals surface area contributed by atoms with Crippen molar-refractivity contribution in [2.45, 2.75) is 0 Å². The van der Waals surface area contributed by atoms with E-state index in [9.17, 15) is 0 Å². The Morgan fingerprint density at radius 2 is 2.29 bits per heavy atom. The zero-order valence-corrected chi connectivity index (χ0v) is 4.75. The predicted octanol–water partition coefficient (Wildman–Crippen LogP) is 2.39. The monoisotopic (exact) mass is 135 g/mol. The van der Waals surface area contributed by atoms with Gasteiger partial charge in [0.15, 0.2) is 0 Å². The molecule has 0 saturated heterocycles. The van der Waals surface area contributed by atoms with Crippen LogP contribution in [-0.2, 0) is 0 Å². The summed E-state index contributed by atoms with van der Waals surface area (Å²) in [5, 5.41) is 0.606. The Kier molecular flexibility index (Phi) is 1.26. The molecule has 37 valence electrons. The summed E-state index contributed by atoms with van der Waals surface area (Å²) in [7, 11) is 0. The Hall–Kier alpha value is -0.140. The number of rotatable bonds is 0. The van der Waals surface area contributed by atoms with Crippen molar-refractivity contribution in [3.05, 3.63) is 22.6 Å². The maximum absolute atomic E-state index is 5.33. The van der Waals surface area contributed by atoms with Crippen LogP contribution in [0.15, 0.2) is 10.7 Å². The molecule has 0 aromatic carbocycles. The zero-order valence-electron chi connectivity index (χ0n) is 3.24. The minimum atomic E-state index is 0.199. The van der Waals surface area contributed by atoms with Crippen LogP contribution in [0.25, 0.3) is 0 Å². The molecule has 0 bridgehead atoms. The molecule has 3 heteroatoms. The largest absolute Gasteiger partial charge is 0.451 e. The summed E-state index contributed by atoms with van der Waals surface area (Å²) in [6.07, 6.45) is 1.32. The molecule has 0 unspecified atom stereocenters. The summed E-state index contributed by atoms with van der Waals surface area (Å²) in [6.45, 7) is 0. The molecule has 1 aromatic heterocycles. The molecule has 0 aliphatic rings. The SMILES string of the molecule is Clc1[c]c(Cl)oc1. The third-order valence-electron chi connectivity index (χ3n) is 0.484. The Bertz CT molecular complexity index is 142. The molecule has 1 radical (unpaired) electrons. The molecule has 0 spiro atoms.